The van der Waals surface area contributed by atoms with Crippen LogP contribution in [0.1, 0.15) is 41.8 Å². The lowest BCUT2D eigenvalue weighted by Crippen LogP contribution is -2.36. The topological polar surface area (TPSA) is 85.8 Å². The quantitative estimate of drug-likeness (QED) is 0.449. The smallest absolute Gasteiger partial charge is 0.253 e. The van der Waals surface area contributed by atoms with Gasteiger partial charge in [0.2, 0.25) is 5.91 Å². The van der Waals surface area contributed by atoms with E-state index in [1.54, 1.807) is 26.0 Å². The summed E-state index contributed by atoms with van der Waals surface area (Å²) in [4.78, 5) is 29.9. The highest BCUT2D eigenvalue weighted by atomic mass is 16.2. The Morgan fingerprint density at radius 3 is 2.23 bits per heavy atom. The average molecular weight is 424 g/mol. The molecule has 3 N–H and O–H groups in total. The molecule has 7 heteroatoms. The van der Waals surface area contributed by atoms with Gasteiger partial charge < -0.3 is 20.9 Å². The Morgan fingerprint density at radius 2 is 1.65 bits per heavy atom. The largest absolute Gasteiger partial charge is 0.352 e. The van der Waals surface area contributed by atoms with E-state index in [9.17, 15) is 9.59 Å². The summed E-state index contributed by atoms with van der Waals surface area (Å²) in [7, 11) is 5.20. The fourth-order valence-electron chi connectivity index (χ4n) is 2.83. The van der Waals surface area contributed by atoms with Crippen molar-refractivity contribution in [1.29, 1.82) is 0 Å². The van der Waals surface area contributed by atoms with Crippen LogP contribution >= 0.6 is 0 Å². The summed E-state index contributed by atoms with van der Waals surface area (Å²) < 4.78 is 0. The number of carbonyl (C=O) groups excluding carboxylic acids is 2. The molecule has 2 amide bonds. The number of hydrogen-bond acceptors (Lipinski definition) is 3. The summed E-state index contributed by atoms with van der Waals surface area (Å²) in [5, 5.41) is 9.51. The lowest BCUT2D eigenvalue weighted by Gasteiger charge is -2.14. The molecular formula is C24H33N5O2. The third-order valence-electron chi connectivity index (χ3n) is 5.01. The van der Waals surface area contributed by atoms with E-state index in [2.05, 4.69) is 20.9 Å². The molecule has 2 aromatic carbocycles. The van der Waals surface area contributed by atoms with Crippen molar-refractivity contribution >= 4 is 23.5 Å². The summed E-state index contributed by atoms with van der Waals surface area (Å²) in [6.45, 7) is 5.08. The van der Waals surface area contributed by atoms with Gasteiger partial charge in [-0.15, -0.1) is 0 Å². The Balaban J connectivity index is 1.88. The van der Waals surface area contributed by atoms with Gasteiger partial charge in [0, 0.05) is 51.4 Å². The van der Waals surface area contributed by atoms with Crippen molar-refractivity contribution in [2.75, 3.05) is 26.5 Å². The highest BCUT2D eigenvalue weighted by molar-refractivity contribution is 5.94. The van der Waals surface area contributed by atoms with Gasteiger partial charge >= 0.3 is 0 Å². The van der Waals surface area contributed by atoms with Crippen LogP contribution in [0.25, 0.3) is 0 Å². The third kappa shape index (κ3) is 7.44. The molecule has 31 heavy (non-hydrogen) atoms. The van der Waals surface area contributed by atoms with Gasteiger partial charge in [-0.1, -0.05) is 38.1 Å². The third-order valence-corrected chi connectivity index (χ3v) is 5.01. The van der Waals surface area contributed by atoms with Crippen molar-refractivity contribution < 1.29 is 9.59 Å². The lowest BCUT2D eigenvalue weighted by molar-refractivity contribution is -0.119. The number of nitrogens with zero attached hydrogens (tertiary/aromatic N) is 2. The van der Waals surface area contributed by atoms with Crippen LogP contribution < -0.4 is 16.0 Å². The van der Waals surface area contributed by atoms with E-state index in [0.717, 1.165) is 23.2 Å². The molecular weight excluding hydrogens is 390 g/mol. The molecule has 0 bridgehead atoms. The van der Waals surface area contributed by atoms with Gasteiger partial charge in [0.1, 0.15) is 0 Å². The van der Waals surface area contributed by atoms with Gasteiger partial charge in [0.05, 0.1) is 0 Å². The molecule has 0 saturated carbocycles. The van der Waals surface area contributed by atoms with Crippen molar-refractivity contribution in [3.63, 3.8) is 0 Å². The van der Waals surface area contributed by atoms with Crippen molar-refractivity contribution in [2.45, 2.75) is 33.4 Å². The molecule has 0 fully saturated rings. The van der Waals surface area contributed by atoms with E-state index in [4.69, 9.17) is 0 Å². The summed E-state index contributed by atoms with van der Waals surface area (Å²) in [5.74, 6) is 0.672. The molecule has 0 saturated heterocycles. The molecule has 0 aliphatic heterocycles. The zero-order valence-electron chi connectivity index (χ0n) is 19.0. The number of anilines is 1. The predicted molar refractivity (Wildman–Crippen MR) is 126 cm³/mol. The number of rotatable bonds is 8. The van der Waals surface area contributed by atoms with Crippen molar-refractivity contribution in [1.82, 2.24) is 15.5 Å². The lowest BCUT2D eigenvalue weighted by atomic mass is 10.1. The number of nitrogens with one attached hydrogen (secondary N) is 3. The second-order valence-corrected chi connectivity index (χ2v) is 7.67. The van der Waals surface area contributed by atoms with Crippen molar-refractivity contribution in [3.05, 3.63) is 65.2 Å². The summed E-state index contributed by atoms with van der Waals surface area (Å²) in [5.41, 5.74) is 3.54. The molecule has 1 atom stereocenters. The standard InChI is InChI=1S/C24H33N5O2/c1-6-17(2)22(30)28-21-9-7-8-19(14-21)16-27-24(25-3)26-15-18-10-12-20(13-11-18)23(31)29(4)5/h7-14,17H,6,15-16H2,1-5H3,(H,28,30)(H2,25,26,27). The van der Waals surface area contributed by atoms with Gasteiger partial charge in [0.15, 0.2) is 5.96 Å². The maximum atomic E-state index is 12.1. The minimum atomic E-state index is -0.0143. The Bertz CT molecular complexity index is 906. The van der Waals surface area contributed by atoms with Gasteiger partial charge in [-0.3, -0.25) is 14.6 Å². The Morgan fingerprint density at radius 1 is 1.00 bits per heavy atom. The normalized spacial score (nSPS) is 12.1. The van der Waals surface area contributed by atoms with E-state index >= 15 is 0 Å². The number of benzene rings is 2. The molecule has 0 radical (unpaired) electrons. The van der Waals surface area contributed by atoms with Crippen molar-refractivity contribution in [2.24, 2.45) is 10.9 Å². The number of hydrogen-bond donors (Lipinski definition) is 3. The highest BCUT2D eigenvalue weighted by Gasteiger charge is 2.11. The number of aliphatic imine (C=N–C) groups is 1. The fraction of sp³-hybridized carbons (Fsp3) is 0.375. The molecule has 2 rings (SSSR count). The minimum absolute atomic E-state index is 0.0140. The summed E-state index contributed by atoms with van der Waals surface area (Å²) in [6.07, 6.45) is 0.809. The van der Waals surface area contributed by atoms with Crippen LogP contribution in [0, 0.1) is 5.92 Å². The van der Waals surface area contributed by atoms with E-state index < -0.39 is 0 Å². The number of amides is 2. The van der Waals surface area contributed by atoms with E-state index in [1.165, 1.54) is 0 Å². The first-order valence-corrected chi connectivity index (χ1v) is 10.5. The highest BCUT2D eigenvalue weighted by Crippen LogP contribution is 2.13. The van der Waals surface area contributed by atoms with Crippen LogP contribution in [0.3, 0.4) is 0 Å². The molecule has 7 nitrogen and oxygen atoms in total. The zero-order valence-corrected chi connectivity index (χ0v) is 19.0. The maximum absolute atomic E-state index is 12.1. The summed E-state index contributed by atoms with van der Waals surface area (Å²) in [6, 6.07) is 15.3. The van der Waals surface area contributed by atoms with Crippen LogP contribution in [0.2, 0.25) is 0 Å². The maximum Gasteiger partial charge on any atom is 0.253 e. The SMILES string of the molecule is CCC(C)C(=O)Nc1cccc(CNC(=NC)NCc2ccc(C(=O)N(C)C)cc2)c1. The molecule has 166 valence electrons. The van der Waals surface area contributed by atoms with Gasteiger partial charge in [-0.25, -0.2) is 0 Å². The van der Waals surface area contributed by atoms with Gasteiger partial charge in [-0.05, 0) is 41.8 Å². The van der Waals surface area contributed by atoms with Gasteiger partial charge in [0.25, 0.3) is 5.91 Å². The van der Waals surface area contributed by atoms with Crippen LogP contribution in [0.5, 0.6) is 0 Å². The molecule has 0 aliphatic rings. The van der Waals surface area contributed by atoms with Crippen LogP contribution in [-0.4, -0.2) is 43.8 Å². The molecule has 0 heterocycles. The molecule has 2 aromatic rings. The summed E-state index contributed by atoms with van der Waals surface area (Å²) >= 11 is 0. The minimum Gasteiger partial charge on any atom is -0.352 e. The number of carbonyl (C=O) groups is 2. The van der Waals surface area contributed by atoms with E-state index in [0.29, 0.717) is 24.6 Å². The molecule has 1 unspecified atom stereocenters. The molecule has 0 spiro atoms. The predicted octanol–water partition coefficient (Wildman–Crippen LogP) is 3.24. The Kier molecular flexibility index (Phi) is 9.06. The van der Waals surface area contributed by atoms with Crippen LogP contribution in [0.4, 0.5) is 5.69 Å². The Hall–Kier alpha value is -3.35. The first kappa shape index (κ1) is 23.9. The zero-order chi connectivity index (χ0) is 22.8. The number of guanidine groups is 1. The average Bonchev–Trinajstić information content (AvgIpc) is 2.78. The Labute approximate surface area is 184 Å². The fourth-order valence-corrected chi connectivity index (χ4v) is 2.83. The van der Waals surface area contributed by atoms with E-state index in [-0.39, 0.29) is 17.7 Å². The van der Waals surface area contributed by atoms with E-state index in [1.807, 2.05) is 62.4 Å². The van der Waals surface area contributed by atoms with Gasteiger partial charge in [-0.2, -0.15) is 0 Å². The molecule has 0 aliphatic carbocycles. The second kappa shape index (κ2) is 11.7. The monoisotopic (exact) mass is 423 g/mol. The van der Waals surface area contributed by atoms with Crippen molar-refractivity contribution in [3.8, 4) is 0 Å². The molecule has 0 aromatic heterocycles. The van der Waals surface area contributed by atoms with Crippen LogP contribution in [-0.2, 0) is 17.9 Å². The second-order valence-electron chi connectivity index (χ2n) is 7.67. The first-order valence-electron chi connectivity index (χ1n) is 10.5. The van der Waals surface area contributed by atoms with Crippen LogP contribution in [0.15, 0.2) is 53.5 Å². The first-order chi connectivity index (χ1) is 14.8.